The normalized spacial score (nSPS) is 21.9. The van der Waals surface area contributed by atoms with Gasteiger partial charge >= 0.3 is 0 Å². The van der Waals surface area contributed by atoms with Crippen molar-refractivity contribution in [3.63, 3.8) is 0 Å². The molecule has 2 aliphatic rings. The van der Waals surface area contributed by atoms with Crippen LogP contribution in [0.3, 0.4) is 0 Å². The fourth-order valence-electron chi connectivity index (χ4n) is 3.10. The number of hydrogen-bond donors (Lipinski definition) is 2. The lowest BCUT2D eigenvalue weighted by Crippen LogP contribution is -2.47. The monoisotopic (exact) mass is 458 g/mol. The maximum atomic E-state index is 12.8. The van der Waals surface area contributed by atoms with Crippen molar-refractivity contribution in [2.24, 2.45) is 5.10 Å². The summed E-state index contributed by atoms with van der Waals surface area (Å²) >= 11 is 6.81. The Morgan fingerprint density at radius 3 is 2.79 bits per heavy atom. The van der Waals surface area contributed by atoms with Gasteiger partial charge in [-0.2, -0.15) is 5.10 Å². The smallest absolute Gasteiger partial charge is 0.257 e. The molecule has 2 N–H and O–H groups in total. The number of carbonyl (C=O) groups excluding carboxylic acids is 1. The molecule has 2 aliphatic heterocycles. The van der Waals surface area contributed by atoms with E-state index in [-0.39, 0.29) is 17.7 Å². The number of rotatable bonds is 3. The summed E-state index contributed by atoms with van der Waals surface area (Å²) in [6, 6.07) is 3.37. The van der Waals surface area contributed by atoms with Gasteiger partial charge in [0.05, 0.1) is 17.1 Å². The summed E-state index contributed by atoms with van der Waals surface area (Å²) in [5.41, 5.74) is 1.59. The van der Waals surface area contributed by atoms with Crippen molar-refractivity contribution < 1.29 is 9.90 Å². The van der Waals surface area contributed by atoms with E-state index in [2.05, 4.69) is 47.2 Å². The first-order valence-electron chi connectivity index (χ1n) is 7.93. The van der Waals surface area contributed by atoms with Crippen LogP contribution in [0.15, 0.2) is 26.2 Å². The summed E-state index contributed by atoms with van der Waals surface area (Å²) < 4.78 is 1.45. The maximum Gasteiger partial charge on any atom is 0.257 e. The minimum absolute atomic E-state index is 0.0331. The molecule has 2 heterocycles. The Hall–Kier alpha value is -0.960. The van der Waals surface area contributed by atoms with Crippen LogP contribution in [0, 0.1) is 0 Å². The summed E-state index contributed by atoms with van der Waals surface area (Å²) in [6.45, 7) is 5.79. The molecule has 3 rings (SSSR count). The van der Waals surface area contributed by atoms with Gasteiger partial charge in [0.1, 0.15) is 5.75 Å². The predicted molar refractivity (Wildman–Crippen MR) is 100 cm³/mol. The molecular weight excluding hydrogens is 440 g/mol. The largest absolute Gasteiger partial charge is 0.506 e. The second-order valence-corrected chi connectivity index (χ2v) is 7.92. The lowest BCUT2D eigenvalue weighted by molar-refractivity contribution is -0.134. The van der Waals surface area contributed by atoms with Gasteiger partial charge in [0.2, 0.25) is 0 Å². The predicted octanol–water partition coefficient (Wildman–Crippen LogP) is 2.47. The number of halogens is 2. The molecule has 0 aliphatic carbocycles. The van der Waals surface area contributed by atoms with Crippen molar-refractivity contribution >= 4 is 43.5 Å². The highest BCUT2D eigenvalue weighted by Gasteiger charge is 2.34. The molecule has 8 heteroatoms. The Morgan fingerprint density at radius 1 is 1.38 bits per heavy atom. The number of carbonyl (C=O) groups is 1. The van der Waals surface area contributed by atoms with Gasteiger partial charge in [-0.05, 0) is 35.0 Å². The molecule has 1 fully saturated rings. The number of piperazine rings is 1. The van der Waals surface area contributed by atoms with Gasteiger partial charge in [-0.1, -0.05) is 15.9 Å². The van der Waals surface area contributed by atoms with E-state index in [0.717, 1.165) is 36.4 Å². The van der Waals surface area contributed by atoms with Crippen molar-refractivity contribution in [3.8, 4) is 5.75 Å². The summed E-state index contributed by atoms with van der Waals surface area (Å²) in [5, 5.41) is 19.7. The Labute approximate surface area is 158 Å². The average molecular weight is 460 g/mol. The van der Waals surface area contributed by atoms with Crippen LogP contribution in [0.4, 0.5) is 0 Å². The fraction of sp³-hybridized carbons (Fsp3) is 0.500. The molecule has 1 saturated heterocycles. The first-order chi connectivity index (χ1) is 11.5. The van der Waals surface area contributed by atoms with Crippen LogP contribution in [-0.2, 0) is 4.79 Å². The summed E-state index contributed by atoms with van der Waals surface area (Å²) in [5.74, 6) is 0.127. The number of nitrogens with zero attached hydrogens (tertiary/aromatic N) is 3. The number of phenols is 1. The van der Waals surface area contributed by atoms with E-state index in [9.17, 15) is 9.90 Å². The van der Waals surface area contributed by atoms with Crippen molar-refractivity contribution in [1.29, 1.82) is 0 Å². The molecule has 1 atom stereocenters. The summed E-state index contributed by atoms with van der Waals surface area (Å²) in [6.07, 6.45) is 0.629. The number of nitrogens with one attached hydrogen (secondary N) is 1. The van der Waals surface area contributed by atoms with E-state index < -0.39 is 0 Å². The standard InChI is InChI=1S/C16H20Br2N4O2/c1-10-6-14(12-7-11(17)8-13(18)16(12)24)22(20-10)15(23)9-21-4-2-19-3-5-21/h7-8,14,19,24H,2-6,9H2,1H3. The molecule has 1 amide bonds. The van der Waals surface area contributed by atoms with Crippen LogP contribution >= 0.6 is 31.9 Å². The SMILES string of the molecule is CC1=NN(C(=O)CN2CCNCC2)C(c2cc(Br)cc(Br)c2O)C1. The van der Waals surface area contributed by atoms with Gasteiger partial charge in [-0.15, -0.1) is 0 Å². The first-order valence-corrected chi connectivity index (χ1v) is 9.51. The van der Waals surface area contributed by atoms with Gasteiger partial charge in [0, 0.05) is 48.3 Å². The third-order valence-electron chi connectivity index (χ3n) is 4.30. The molecule has 130 valence electrons. The third-order valence-corrected chi connectivity index (χ3v) is 5.37. The molecule has 1 aromatic rings. The lowest BCUT2D eigenvalue weighted by atomic mass is 10.0. The number of aromatic hydroxyl groups is 1. The highest BCUT2D eigenvalue weighted by Crippen LogP contribution is 2.41. The highest BCUT2D eigenvalue weighted by atomic mass is 79.9. The van der Waals surface area contributed by atoms with E-state index in [1.165, 1.54) is 5.01 Å². The minimum Gasteiger partial charge on any atom is -0.506 e. The topological polar surface area (TPSA) is 68.2 Å². The Morgan fingerprint density at radius 2 is 2.08 bits per heavy atom. The van der Waals surface area contributed by atoms with Gasteiger partial charge in [0.25, 0.3) is 5.91 Å². The number of amides is 1. The molecule has 0 saturated carbocycles. The van der Waals surface area contributed by atoms with E-state index in [4.69, 9.17) is 0 Å². The average Bonchev–Trinajstić information content (AvgIpc) is 2.93. The third kappa shape index (κ3) is 3.82. The van der Waals surface area contributed by atoms with E-state index in [0.29, 0.717) is 23.0 Å². The van der Waals surface area contributed by atoms with Crippen molar-refractivity contribution in [3.05, 3.63) is 26.6 Å². The lowest BCUT2D eigenvalue weighted by Gasteiger charge is -2.29. The van der Waals surface area contributed by atoms with Crippen LogP contribution < -0.4 is 5.32 Å². The Bertz CT molecular complexity index is 674. The fourth-order valence-corrected chi connectivity index (χ4v) is 4.36. The van der Waals surface area contributed by atoms with Gasteiger partial charge in [-0.3, -0.25) is 9.69 Å². The van der Waals surface area contributed by atoms with Gasteiger partial charge < -0.3 is 10.4 Å². The second kappa shape index (κ2) is 7.51. The first kappa shape index (κ1) is 17.8. The molecule has 0 spiro atoms. The molecule has 24 heavy (non-hydrogen) atoms. The van der Waals surface area contributed by atoms with Crippen molar-refractivity contribution in [2.75, 3.05) is 32.7 Å². The molecule has 0 radical (unpaired) electrons. The molecule has 0 bridgehead atoms. The van der Waals surface area contributed by atoms with Crippen molar-refractivity contribution in [1.82, 2.24) is 15.2 Å². The zero-order chi connectivity index (χ0) is 17.3. The quantitative estimate of drug-likeness (QED) is 0.728. The molecule has 1 aromatic carbocycles. The number of hydrogen-bond acceptors (Lipinski definition) is 5. The van der Waals surface area contributed by atoms with Crippen molar-refractivity contribution in [2.45, 2.75) is 19.4 Å². The zero-order valence-corrected chi connectivity index (χ0v) is 16.6. The number of benzene rings is 1. The van der Waals surface area contributed by atoms with Crippen LogP contribution in [0.25, 0.3) is 0 Å². The summed E-state index contributed by atoms with van der Waals surface area (Å²) in [7, 11) is 0. The van der Waals surface area contributed by atoms with E-state index >= 15 is 0 Å². The van der Waals surface area contributed by atoms with Gasteiger partial charge in [-0.25, -0.2) is 5.01 Å². The minimum atomic E-state index is -0.269. The maximum absolute atomic E-state index is 12.8. The van der Waals surface area contributed by atoms with Gasteiger partial charge in [0.15, 0.2) is 0 Å². The number of hydrazone groups is 1. The van der Waals surface area contributed by atoms with Crippen LogP contribution in [0.5, 0.6) is 5.75 Å². The van der Waals surface area contributed by atoms with Crippen LogP contribution in [0.1, 0.15) is 24.9 Å². The highest BCUT2D eigenvalue weighted by molar-refractivity contribution is 9.11. The van der Waals surface area contributed by atoms with Crippen LogP contribution in [0.2, 0.25) is 0 Å². The van der Waals surface area contributed by atoms with E-state index in [1.807, 2.05) is 13.0 Å². The number of phenolic OH excluding ortho intramolecular Hbond substituents is 1. The Balaban J connectivity index is 1.82. The second-order valence-electron chi connectivity index (χ2n) is 6.15. The van der Waals surface area contributed by atoms with Crippen LogP contribution in [-0.4, -0.2) is 59.4 Å². The Kier molecular flexibility index (Phi) is 5.59. The summed E-state index contributed by atoms with van der Waals surface area (Å²) in [4.78, 5) is 14.9. The molecule has 0 aromatic heterocycles. The molecule has 6 nitrogen and oxygen atoms in total. The van der Waals surface area contributed by atoms with E-state index in [1.54, 1.807) is 6.07 Å². The molecular formula is C16H20Br2N4O2. The molecule has 1 unspecified atom stereocenters. The zero-order valence-electron chi connectivity index (χ0n) is 13.4.